The molecular weight excluding hydrogens is 154 g/mol. The maximum atomic E-state index is 5.20. The summed E-state index contributed by atoms with van der Waals surface area (Å²) in [6.45, 7) is 2.73. The lowest BCUT2D eigenvalue weighted by Crippen LogP contribution is -2.17. The van der Waals surface area contributed by atoms with Crippen molar-refractivity contribution >= 4 is 0 Å². The molecule has 12 heavy (non-hydrogen) atoms. The number of ether oxygens (including phenoxy) is 1. The van der Waals surface area contributed by atoms with Crippen LogP contribution in [0.1, 0.15) is 6.92 Å². The third-order valence-electron chi connectivity index (χ3n) is 1.40. The Morgan fingerprint density at radius 2 is 1.92 bits per heavy atom. The van der Waals surface area contributed by atoms with Gasteiger partial charge in [0.1, 0.15) is 0 Å². The lowest BCUT2D eigenvalue weighted by Gasteiger charge is -2.08. The summed E-state index contributed by atoms with van der Waals surface area (Å²) in [4.78, 5) is 5.20. The van der Waals surface area contributed by atoms with Gasteiger partial charge in [0.25, 0.3) is 0 Å². The lowest BCUT2D eigenvalue weighted by atomic mass is 10.3. The lowest BCUT2D eigenvalue weighted by molar-refractivity contribution is 0.193. The zero-order valence-electron chi connectivity index (χ0n) is 7.33. The van der Waals surface area contributed by atoms with Crippen LogP contribution >= 0.6 is 0 Å². The highest BCUT2D eigenvalue weighted by atomic mass is 16.7. The molecule has 0 aliphatic rings. The van der Waals surface area contributed by atoms with Crippen molar-refractivity contribution in [3.63, 3.8) is 0 Å². The fourth-order valence-corrected chi connectivity index (χ4v) is 0.853. The van der Waals surface area contributed by atoms with Crippen LogP contribution in [-0.4, -0.2) is 13.7 Å². The minimum atomic E-state index is 0.710. The van der Waals surface area contributed by atoms with Crippen LogP contribution in [0.15, 0.2) is 24.3 Å². The van der Waals surface area contributed by atoms with E-state index in [0.29, 0.717) is 5.75 Å². The van der Waals surface area contributed by atoms with Gasteiger partial charge in [-0.2, -0.15) is 5.48 Å². The fraction of sp³-hybridized carbons (Fsp3) is 0.333. The predicted octanol–water partition coefficient (Wildman–Crippen LogP) is 1.60. The number of rotatable bonds is 4. The van der Waals surface area contributed by atoms with Crippen LogP contribution in [0.5, 0.6) is 11.5 Å². The molecule has 0 spiro atoms. The topological polar surface area (TPSA) is 30.5 Å². The van der Waals surface area contributed by atoms with Crippen LogP contribution in [-0.2, 0) is 0 Å². The van der Waals surface area contributed by atoms with Gasteiger partial charge in [0.15, 0.2) is 11.5 Å². The smallest absolute Gasteiger partial charge is 0.188 e. The van der Waals surface area contributed by atoms with Crippen LogP contribution < -0.4 is 15.1 Å². The number of hydrogen-bond acceptors (Lipinski definition) is 3. The number of benzene rings is 1. The van der Waals surface area contributed by atoms with Gasteiger partial charge in [0.05, 0.1) is 7.11 Å². The van der Waals surface area contributed by atoms with Crippen molar-refractivity contribution in [3.8, 4) is 11.5 Å². The molecule has 0 fully saturated rings. The van der Waals surface area contributed by atoms with Gasteiger partial charge in [-0.1, -0.05) is 12.1 Å². The largest absolute Gasteiger partial charge is 0.493 e. The molecule has 0 amide bonds. The predicted molar refractivity (Wildman–Crippen MR) is 47.3 cm³/mol. The molecule has 0 aliphatic heterocycles. The molecule has 66 valence electrons. The van der Waals surface area contributed by atoms with E-state index in [1.807, 2.05) is 31.2 Å². The maximum Gasteiger partial charge on any atom is 0.188 e. The van der Waals surface area contributed by atoms with E-state index >= 15 is 0 Å². The summed E-state index contributed by atoms with van der Waals surface area (Å²) in [6.07, 6.45) is 0. The molecule has 3 heteroatoms. The van der Waals surface area contributed by atoms with E-state index in [9.17, 15) is 0 Å². The van der Waals surface area contributed by atoms with Crippen molar-refractivity contribution in [2.45, 2.75) is 6.92 Å². The molecule has 0 aromatic heterocycles. The molecule has 1 N–H and O–H groups in total. The Balaban J connectivity index is 2.68. The van der Waals surface area contributed by atoms with Gasteiger partial charge < -0.3 is 9.57 Å². The third kappa shape index (κ3) is 2.13. The summed E-state index contributed by atoms with van der Waals surface area (Å²) >= 11 is 0. The van der Waals surface area contributed by atoms with Gasteiger partial charge in [-0.15, -0.1) is 0 Å². The van der Waals surface area contributed by atoms with E-state index in [1.165, 1.54) is 0 Å². The van der Waals surface area contributed by atoms with E-state index in [2.05, 4.69) is 5.48 Å². The Hall–Kier alpha value is -1.22. The Kier molecular flexibility index (Phi) is 3.41. The van der Waals surface area contributed by atoms with E-state index in [1.54, 1.807) is 7.11 Å². The second-order valence-corrected chi connectivity index (χ2v) is 2.25. The van der Waals surface area contributed by atoms with Gasteiger partial charge >= 0.3 is 0 Å². The van der Waals surface area contributed by atoms with Gasteiger partial charge in [-0.05, 0) is 19.1 Å². The summed E-state index contributed by atoms with van der Waals surface area (Å²) < 4.78 is 5.08. The third-order valence-corrected chi connectivity index (χ3v) is 1.40. The molecule has 0 unspecified atom stereocenters. The average Bonchev–Trinajstić information content (AvgIpc) is 2.15. The Labute approximate surface area is 72.3 Å². The number of methoxy groups -OCH3 is 1. The molecule has 0 radical (unpaired) electrons. The van der Waals surface area contributed by atoms with E-state index in [0.717, 1.165) is 12.3 Å². The molecular formula is C9H13NO2. The first-order chi connectivity index (χ1) is 5.88. The second kappa shape index (κ2) is 4.62. The quantitative estimate of drug-likeness (QED) is 0.691. The number of para-hydroxylation sites is 2. The standard InChI is InChI=1S/C9H13NO2/c1-3-10-12-9-7-5-4-6-8(9)11-2/h4-7,10H,3H2,1-2H3. The van der Waals surface area contributed by atoms with Crippen molar-refractivity contribution in [1.82, 2.24) is 5.48 Å². The molecule has 3 nitrogen and oxygen atoms in total. The normalized spacial score (nSPS) is 9.50. The molecule has 0 heterocycles. The molecule has 1 aromatic carbocycles. The van der Waals surface area contributed by atoms with Gasteiger partial charge in [0.2, 0.25) is 0 Å². The molecule has 0 aliphatic carbocycles. The highest BCUT2D eigenvalue weighted by Crippen LogP contribution is 2.24. The molecule has 0 saturated carbocycles. The zero-order valence-corrected chi connectivity index (χ0v) is 7.33. The Morgan fingerprint density at radius 1 is 1.25 bits per heavy atom. The minimum Gasteiger partial charge on any atom is -0.493 e. The zero-order chi connectivity index (χ0) is 8.81. The molecule has 0 saturated heterocycles. The van der Waals surface area contributed by atoms with Gasteiger partial charge in [-0.3, -0.25) is 0 Å². The SMILES string of the molecule is CCNOc1ccccc1OC. The van der Waals surface area contributed by atoms with Crippen molar-refractivity contribution in [1.29, 1.82) is 0 Å². The van der Waals surface area contributed by atoms with Crippen LogP contribution in [0, 0.1) is 0 Å². The van der Waals surface area contributed by atoms with Crippen LogP contribution in [0.4, 0.5) is 0 Å². The van der Waals surface area contributed by atoms with Crippen molar-refractivity contribution in [2.75, 3.05) is 13.7 Å². The summed E-state index contributed by atoms with van der Waals surface area (Å²) in [6, 6.07) is 7.50. The first-order valence-electron chi connectivity index (χ1n) is 3.91. The van der Waals surface area contributed by atoms with Crippen LogP contribution in [0.3, 0.4) is 0 Å². The average molecular weight is 167 g/mol. The molecule has 0 bridgehead atoms. The first kappa shape index (κ1) is 8.87. The summed E-state index contributed by atoms with van der Waals surface area (Å²) in [5, 5.41) is 0. The van der Waals surface area contributed by atoms with Crippen LogP contribution in [0.2, 0.25) is 0 Å². The maximum absolute atomic E-state index is 5.20. The van der Waals surface area contributed by atoms with Crippen molar-refractivity contribution < 1.29 is 9.57 Å². The summed E-state index contributed by atoms with van der Waals surface area (Å²) in [5.74, 6) is 1.44. The van der Waals surface area contributed by atoms with E-state index in [-0.39, 0.29) is 0 Å². The van der Waals surface area contributed by atoms with Crippen molar-refractivity contribution in [3.05, 3.63) is 24.3 Å². The molecule has 1 aromatic rings. The van der Waals surface area contributed by atoms with Crippen LogP contribution in [0.25, 0.3) is 0 Å². The Morgan fingerprint density at radius 3 is 2.50 bits per heavy atom. The number of hydroxylamine groups is 1. The minimum absolute atomic E-state index is 0.710. The number of hydrogen-bond donors (Lipinski definition) is 1. The molecule has 0 atom stereocenters. The first-order valence-corrected chi connectivity index (χ1v) is 3.91. The molecule has 1 rings (SSSR count). The van der Waals surface area contributed by atoms with Gasteiger partial charge in [0, 0.05) is 6.54 Å². The highest BCUT2D eigenvalue weighted by Gasteiger charge is 2.00. The number of nitrogens with one attached hydrogen (secondary N) is 1. The van der Waals surface area contributed by atoms with Gasteiger partial charge in [-0.25, -0.2) is 0 Å². The highest BCUT2D eigenvalue weighted by molar-refractivity contribution is 5.38. The monoisotopic (exact) mass is 167 g/mol. The summed E-state index contributed by atoms with van der Waals surface area (Å²) in [7, 11) is 1.62. The second-order valence-electron chi connectivity index (χ2n) is 2.25. The fourth-order valence-electron chi connectivity index (χ4n) is 0.853. The van der Waals surface area contributed by atoms with E-state index < -0.39 is 0 Å². The van der Waals surface area contributed by atoms with Crippen molar-refractivity contribution in [2.24, 2.45) is 0 Å². The summed E-state index contributed by atoms with van der Waals surface area (Å²) in [5.41, 5.74) is 2.76. The Bertz CT molecular complexity index is 238. The van der Waals surface area contributed by atoms with E-state index in [4.69, 9.17) is 9.57 Å².